The molecule has 0 spiro atoms. The van der Waals surface area contributed by atoms with Crippen LogP contribution in [0.15, 0.2) is 18.2 Å². The third kappa shape index (κ3) is 3.17. The maximum Gasteiger partial charge on any atom is 0.246 e. The molecule has 0 amide bonds. The highest BCUT2D eigenvalue weighted by Gasteiger charge is 2.14. The van der Waals surface area contributed by atoms with Crippen LogP contribution in [0.4, 0.5) is 11.4 Å². The van der Waals surface area contributed by atoms with Gasteiger partial charge in [0, 0.05) is 14.1 Å². The fraction of sp³-hybridized carbons (Fsp3) is 0.333. The number of hydrogen-bond donors (Lipinski definition) is 1. The summed E-state index contributed by atoms with van der Waals surface area (Å²) in [7, 11) is 0.0398. The summed E-state index contributed by atoms with van der Waals surface area (Å²) in [4.78, 5) is 1.73. The summed E-state index contributed by atoms with van der Waals surface area (Å²) in [6, 6.07) is 4.99. The fourth-order valence-corrected chi connectivity index (χ4v) is 2.31. The molecule has 0 saturated heterocycles. The Hall–Kier alpha value is -0.650. The van der Waals surface area contributed by atoms with Crippen LogP contribution < -0.4 is 9.62 Å². The van der Waals surface area contributed by atoms with Gasteiger partial charge in [-0.2, -0.15) is 0 Å². The number of benzene rings is 1. The number of alkyl halides is 1. The standard InChI is InChI=1S/C9H12Cl2N2O2S/c1-13(2)9-7(11)4-3-5-8(9)12-16(14,15)6-10/h3-5,12H,6H2,1-2H3. The Bertz CT molecular complexity index is 474. The molecule has 1 aromatic rings. The molecule has 0 bridgehead atoms. The summed E-state index contributed by atoms with van der Waals surface area (Å²) in [5, 5.41) is -0.0217. The highest BCUT2D eigenvalue weighted by Crippen LogP contribution is 2.33. The van der Waals surface area contributed by atoms with Gasteiger partial charge in [0.05, 0.1) is 16.4 Å². The number of hydrogen-bond acceptors (Lipinski definition) is 3. The van der Waals surface area contributed by atoms with E-state index in [-0.39, 0.29) is 0 Å². The van der Waals surface area contributed by atoms with Gasteiger partial charge in [-0.1, -0.05) is 17.7 Å². The molecule has 0 radical (unpaired) electrons. The highest BCUT2D eigenvalue weighted by molar-refractivity contribution is 7.93. The van der Waals surface area contributed by atoms with Crippen LogP contribution >= 0.6 is 23.2 Å². The van der Waals surface area contributed by atoms with Crippen molar-refractivity contribution in [2.75, 3.05) is 28.9 Å². The molecular formula is C9H12Cl2N2O2S. The zero-order valence-corrected chi connectivity index (χ0v) is 11.2. The molecule has 7 heteroatoms. The van der Waals surface area contributed by atoms with E-state index in [0.29, 0.717) is 16.4 Å². The smallest absolute Gasteiger partial charge is 0.246 e. The van der Waals surface area contributed by atoms with E-state index in [1.54, 1.807) is 37.2 Å². The third-order valence-corrected chi connectivity index (χ3v) is 3.83. The molecule has 0 saturated carbocycles. The lowest BCUT2D eigenvalue weighted by Crippen LogP contribution is -2.17. The second-order valence-electron chi connectivity index (χ2n) is 3.36. The lowest BCUT2D eigenvalue weighted by molar-refractivity contribution is 0.605. The number of rotatable bonds is 4. The molecule has 0 aliphatic carbocycles. The van der Waals surface area contributed by atoms with Crippen molar-refractivity contribution in [3.05, 3.63) is 23.2 Å². The normalized spacial score (nSPS) is 11.2. The van der Waals surface area contributed by atoms with Gasteiger partial charge < -0.3 is 4.90 Å². The van der Waals surface area contributed by atoms with Crippen LogP contribution in [0.2, 0.25) is 5.02 Å². The van der Waals surface area contributed by atoms with Gasteiger partial charge in [-0.05, 0) is 12.1 Å². The molecule has 0 aliphatic rings. The van der Waals surface area contributed by atoms with E-state index in [2.05, 4.69) is 4.72 Å². The first-order valence-electron chi connectivity index (χ1n) is 4.39. The molecule has 0 aromatic heterocycles. The topological polar surface area (TPSA) is 49.4 Å². The Morgan fingerprint density at radius 1 is 1.38 bits per heavy atom. The van der Waals surface area contributed by atoms with Gasteiger partial charge in [-0.25, -0.2) is 8.42 Å². The zero-order chi connectivity index (χ0) is 12.3. The predicted octanol–water partition coefficient (Wildman–Crippen LogP) is 2.34. The summed E-state index contributed by atoms with van der Waals surface area (Å²) in [5.41, 5.74) is 1.02. The van der Waals surface area contributed by atoms with Crippen LogP contribution in [0.1, 0.15) is 0 Å². The minimum Gasteiger partial charge on any atom is -0.375 e. The summed E-state index contributed by atoms with van der Waals surface area (Å²) in [6.45, 7) is 0. The lowest BCUT2D eigenvalue weighted by atomic mass is 10.2. The molecule has 0 fully saturated rings. The van der Waals surface area contributed by atoms with Gasteiger partial charge in [0.25, 0.3) is 0 Å². The van der Waals surface area contributed by atoms with Crippen LogP contribution in [0.25, 0.3) is 0 Å². The van der Waals surface area contributed by atoms with Crippen molar-refractivity contribution >= 4 is 44.6 Å². The van der Waals surface area contributed by atoms with Crippen LogP contribution in [-0.4, -0.2) is 27.7 Å². The maximum atomic E-state index is 11.4. The second kappa shape index (κ2) is 5.12. The van der Waals surface area contributed by atoms with Crippen molar-refractivity contribution in [2.45, 2.75) is 0 Å². The molecule has 4 nitrogen and oxygen atoms in total. The molecule has 16 heavy (non-hydrogen) atoms. The Morgan fingerprint density at radius 2 is 2.00 bits per heavy atom. The SMILES string of the molecule is CN(C)c1c(Cl)cccc1NS(=O)(=O)CCl. The van der Waals surface area contributed by atoms with Crippen molar-refractivity contribution in [2.24, 2.45) is 0 Å². The first kappa shape index (κ1) is 13.4. The average Bonchev–Trinajstić information content (AvgIpc) is 2.16. The molecular weight excluding hydrogens is 271 g/mol. The van der Waals surface area contributed by atoms with Crippen molar-refractivity contribution in [1.82, 2.24) is 0 Å². The number of sulfonamides is 1. The van der Waals surface area contributed by atoms with E-state index >= 15 is 0 Å². The molecule has 1 N–H and O–H groups in total. The largest absolute Gasteiger partial charge is 0.375 e. The van der Waals surface area contributed by atoms with Crippen molar-refractivity contribution in [3.8, 4) is 0 Å². The summed E-state index contributed by atoms with van der Waals surface area (Å²) in [5.74, 6) is 0. The molecule has 0 unspecified atom stereocenters. The van der Waals surface area contributed by atoms with Crippen molar-refractivity contribution in [1.29, 1.82) is 0 Å². The van der Waals surface area contributed by atoms with Crippen LogP contribution in [0.5, 0.6) is 0 Å². The molecule has 0 atom stereocenters. The highest BCUT2D eigenvalue weighted by atomic mass is 35.5. The van der Waals surface area contributed by atoms with Crippen LogP contribution in [0, 0.1) is 0 Å². The number of anilines is 2. The van der Waals surface area contributed by atoms with Crippen molar-refractivity contribution in [3.63, 3.8) is 0 Å². The molecule has 1 aromatic carbocycles. The first-order valence-corrected chi connectivity index (χ1v) is 6.96. The minimum absolute atomic E-state index is 0.415. The van der Waals surface area contributed by atoms with E-state index in [1.807, 2.05) is 0 Å². The number of para-hydroxylation sites is 1. The Morgan fingerprint density at radius 3 is 2.50 bits per heavy atom. The number of nitrogens with one attached hydrogen (secondary N) is 1. The number of nitrogens with zero attached hydrogens (tertiary/aromatic N) is 1. The molecule has 90 valence electrons. The van der Waals surface area contributed by atoms with Crippen molar-refractivity contribution < 1.29 is 8.42 Å². The maximum absolute atomic E-state index is 11.4. The van der Waals surface area contributed by atoms with E-state index in [1.165, 1.54) is 0 Å². The Labute approximate surface area is 105 Å². The fourth-order valence-electron chi connectivity index (χ4n) is 1.25. The summed E-state index contributed by atoms with van der Waals surface area (Å²) >= 11 is 11.3. The summed E-state index contributed by atoms with van der Waals surface area (Å²) < 4.78 is 25.1. The lowest BCUT2D eigenvalue weighted by Gasteiger charge is -2.19. The zero-order valence-electron chi connectivity index (χ0n) is 8.87. The summed E-state index contributed by atoms with van der Waals surface area (Å²) in [6.07, 6.45) is 0. The van der Waals surface area contributed by atoms with Crippen LogP contribution in [-0.2, 0) is 10.0 Å². The van der Waals surface area contributed by atoms with E-state index in [9.17, 15) is 8.42 Å². The monoisotopic (exact) mass is 282 g/mol. The van der Waals surface area contributed by atoms with Gasteiger partial charge in [0.15, 0.2) is 0 Å². The molecule has 1 rings (SSSR count). The molecule has 0 aliphatic heterocycles. The number of halogens is 2. The third-order valence-electron chi connectivity index (χ3n) is 1.84. The predicted molar refractivity (Wildman–Crippen MR) is 69.0 cm³/mol. The first-order chi connectivity index (χ1) is 7.37. The van der Waals surface area contributed by atoms with E-state index in [4.69, 9.17) is 23.2 Å². The quantitative estimate of drug-likeness (QED) is 0.863. The van der Waals surface area contributed by atoms with E-state index in [0.717, 1.165) is 0 Å². The van der Waals surface area contributed by atoms with Gasteiger partial charge in [0.1, 0.15) is 5.21 Å². The average molecular weight is 283 g/mol. The Kier molecular flexibility index (Phi) is 4.29. The minimum atomic E-state index is -3.52. The van der Waals surface area contributed by atoms with Gasteiger partial charge in [-0.15, -0.1) is 11.6 Å². The Balaban J connectivity index is 3.19. The van der Waals surface area contributed by atoms with E-state index < -0.39 is 15.2 Å². The molecule has 0 heterocycles. The van der Waals surface area contributed by atoms with Gasteiger partial charge in [0.2, 0.25) is 10.0 Å². The van der Waals surface area contributed by atoms with Gasteiger partial charge in [-0.3, -0.25) is 4.72 Å². The van der Waals surface area contributed by atoms with Crippen LogP contribution in [0.3, 0.4) is 0 Å². The second-order valence-corrected chi connectivity index (χ2v) is 6.07. The van der Waals surface area contributed by atoms with Gasteiger partial charge >= 0.3 is 0 Å².